The van der Waals surface area contributed by atoms with Gasteiger partial charge in [0.2, 0.25) is 5.82 Å². The lowest BCUT2D eigenvalue weighted by Gasteiger charge is -2.29. The predicted molar refractivity (Wildman–Crippen MR) is 75.9 cm³/mol. The van der Waals surface area contributed by atoms with Crippen molar-refractivity contribution in [3.8, 4) is 0 Å². The fraction of sp³-hybridized carbons (Fsp3) is 0.769. The van der Waals surface area contributed by atoms with Gasteiger partial charge < -0.3 is 10.0 Å². The molecule has 20 heavy (non-hydrogen) atoms. The van der Waals surface area contributed by atoms with Gasteiger partial charge in [-0.05, 0) is 19.3 Å². The first kappa shape index (κ1) is 14.8. The molecule has 1 N–H and O–H groups in total. The quantitative estimate of drug-likeness (QED) is 0.633. The number of nitro groups is 1. The highest BCUT2D eigenvalue weighted by Gasteiger charge is 2.33. The van der Waals surface area contributed by atoms with Gasteiger partial charge in [-0.25, -0.2) is 4.68 Å². The highest BCUT2D eigenvalue weighted by atomic mass is 16.6. The Balaban J connectivity index is 2.46. The van der Waals surface area contributed by atoms with Crippen LogP contribution in [0.15, 0.2) is 0 Å². The average molecular weight is 282 g/mol. The molecule has 1 fully saturated rings. The minimum Gasteiger partial charge on any atom is -0.395 e. The van der Waals surface area contributed by atoms with Crippen molar-refractivity contribution >= 4 is 11.5 Å². The van der Waals surface area contributed by atoms with Crippen LogP contribution in [0.3, 0.4) is 0 Å². The van der Waals surface area contributed by atoms with E-state index in [1.807, 2.05) is 11.8 Å². The molecule has 0 bridgehead atoms. The van der Waals surface area contributed by atoms with Crippen molar-refractivity contribution in [2.75, 3.05) is 18.1 Å². The number of aliphatic hydroxyl groups excluding tert-OH is 1. The van der Waals surface area contributed by atoms with Crippen LogP contribution in [0.25, 0.3) is 0 Å². The molecule has 0 aromatic carbocycles. The third kappa shape index (κ3) is 2.63. The topological polar surface area (TPSA) is 84.4 Å². The van der Waals surface area contributed by atoms with E-state index in [9.17, 15) is 15.2 Å². The van der Waals surface area contributed by atoms with Gasteiger partial charge in [0, 0.05) is 19.6 Å². The molecule has 2 rings (SSSR count). The summed E-state index contributed by atoms with van der Waals surface area (Å²) in [6, 6.07) is 0.265. The Bertz CT molecular complexity index is 480. The van der Waals surface area contributed by atoms with Gasteiger partial charge in [-0.3, -0.25) is 10.1 Å². The van der Waals surface area contributed by atoms with Crippen molar-refractivity contribution in [2.24, 2.45) is 7.05 Å². The van der Waals surface area contributed by atoms with Gasteiger partial charge in [-0.1, -0.05) is 19.8 Å². The Morgan fingerprint density at radius 2 is 2.15 bits per heavy atom. The van der Waals surface area contributed by atoms with E-state index < -0.39 is 0 Å². The Morgan fingerprint density at radius 3 is 2.65 bits per heavy atom. The second kappa shape index (κ2) is 6.21. The molecule has 0 unspecified atom stereocenters. The maximum absolute atomic E-state index is 11.4. The van der Waals surface area contributed by atoms with Gasteiger partial charge >= 0.3 is 5.69 Å². The number of aryl methyl sites for hydroxylation is 2. The lowest BCUT2D eigenvalue weighted by atomic mass is 10.2. The Kier molecular flexibility index (Phi) is 4.59. The minimum absolute atomic E-state index is 0.0136. The molecule has 7 heteroatoms. The lowest BCUT2D eigenvalue weighted by molar-refractivity contribution is -0.384. The van der Waals surface area contributed by atoms with Crippen LogP contribution >= 0.6 is 0 Å². The second-order valence-electron chi connectivity index (χ2n) is 5.21. The Morgan fingerprint density at radius 1 is 1.50 bits per heavy atom. The number of hydrogen-bond donors (Lipinski definition) is 1. The molecule has 1 saturated carbocycles. The zero-order valence-corrected chi connectivity index (χ0v) is 12.1. The summed E-state index contributed by atoms with van der Waals surface area (Å²) >= 11 is 0. The summed E-state index contributed by atoms with van der Waals surface area (Å²) in [4.78, 5) is 13.0. The first-order chi connectivity index (χ1) is 9.60. The van der Waals surface area contributed by atoms with Crippen LogP contribution in [-0.4, -0.2) is 39.0 Å². The molecule has 0 saturated heterocycles. The number of rotatable bonds is 6. The third-order valence-electron chi connectivity index (χ3n) is 3.96. The molecule has 112 valence electrons. The smallest absolute Gasteiger partial charge is 0.334 e. The van der Waals surface area contributed by atoms with Gasteiger partial charge in [0.1, 0.15) is 5.69 Å². The summed E-state index contributed by atoms with van der Waals surface area (Å²) < 4.78 is 1.59. The molecule has 1 aromatic rings. The van der Waals surface area contributed by atoms with Gasteiger partial charge in [0.15, 0.2) is 0 Å². The number of anilines is 1. The Labute approximate surface area is 118 Å². The van der Waals surface area contributed by atoms with Crippen molar-refractivity contribution in [2.45, 2.75) is 45.1 Å². The first-order valence-corrected chi connectivity index (χ1v) is 7.17. The van der Waals surface area contributed by atoms with Crippen LogP contribution < -0.4 is 4.90 Å². The SMILES string of the molecule is CCc1nn(C)c(N(CCO)C2CCCC2)c1[N+](=O)[O-]. The van der Waals surface area contributed by atoms with E-state index in [0.717, 1.165) is 25.7 Å². The first-order valence-electron chi connectivity index (χ1n) is 7.17. The fourth-order valence-electron chi connectivity index (χ4n) is 3.09. The van der Waals surface area contributed by atoms with E-state index in [4.69, 9.17) is 0 Å². The van der Waals surface area contributed by atoms with Crippen LogP contribution in [0, 0.1) is 10.1 Å². The molecule has 0 spiro atoms. The van der Waals surface area contributed by atoms with Crippen LogP contribution in [0.2, 0.25) is 0 Å². The van der Waals surface area contributed by atoms with Crippen molar-refractivity contribution in [1.82, 2.24) is 9.78 Å². The Hall–Kier alpha value is -1.63. The van der Waals surface area contributed by atoms with Gasteiger partial charge in [-0.15, -0.1) is 0 Å². The molecule has 0 radical (unpaired) electrons. The molecule has 0 amide bonds. The van der Waals surface area contributed by atoms with Crippen molar-refractivity contribution < 1.29 is 10.0 Å². The maximum Gasteiger partial charge on any atom is 0.334 e. The molecule has 1 aromatic heterocycles. The summed E-state index contributed by atoms with van der Waals surface area (Å²) in [5.41, 5.74) is 0.601. The van der Waals surface area contributed by atoms with E-state index in [1.165, 1.54) is 0 Å². The minimum atomic E-state index is -0.347. The molecule has 1 aliphatic rings. The molecule has 0 aliphatic heterocycles. The van der Waals surface area contributed by atoms with Crippen LogP contribution in [0.4, 0.5) is 11.5 Å². The van der Waals surface area contributed by atoms with Crippen molar-refractivity contribution in [1.29, 1.82) is 0 Å². The largest absolute Gasteiger partial charge is 0.395 e. The van der Waals surface area contributed by atoms with Gasteiger partial charge in [-0.2, -0.15) is 5.10 Å². The standard InChI is InChI=1S/C13H22N4O3/c1-3-11-12(17(19)20)13(15(2)14-11)16(8-9-18)10-6-4-5-7-10/h10,18H,3-9H2,1-2H3. The summed E-state index contributed by atoms with van der Waals surface area (Å²) in [6.45, 7) is 2.26. The molecule has 1 aliphatic carbocycles. The molecule has 7 nitrogen and oxygen atoms in total. The van der Waals surface area contributed by atoms with Gasteiger partial charge in [0.25, 0.3) is 0 Å². The molecular formula is C13H22N4O3. The highest BCUT2D eigenvalue weighted by molar-refractivity contribution is 5.62. The third-order valence-corrected chi connectivity index (χ3v) is 3.96. The molecule has 0 atom stereocenters. The number of aromatic nitrogens is 2. The fourth-order valence-corrected chi connectivity index (χ4v) is 3.09. The zero-order chi connectivity index (χ0) is 14.7. The van der Waals surface area contributed by atoms with E-state index in [0.29, 0.717) is 24.5 Å². The van der Waals surface area contributed by atoms with Crippen LogP contribution in [0.1, 0.15) is 38.3 Å². The summed E-state index contributed by atoms with van der Waals surface area (Å²) in [5, 5.41) is 25.0. The second-order valence-corrected chi connectivity index (χ2v) is 5.21. The normalized spacial score (nSPS) is 15.8. The van der Waals surface area contributed by atoms with Gasteiger partial charge in [0.05, 0.1) is 11.5 Å². The van der Waals surface area contributed by atoms with Crippen molar-refractivity contribution in [3.05, 3.63) is 15.8 Å². The highest BCUT2D eigenvalue weighted by Crippen LogP contribution is 2.36. The van der Waals surface area contributed by atoms with E-state index in [-0.39, 0.29) is 23.3 Å². The molecule has 1 heterocycles. The van der Waals surface area contributed by atoms with E-state index >= 15 is 0 Å². The lowest BCUT2D eigenvalue weighted by Crippen LogP contribution is -2.37. The average Bonchev–Trinajstić information content (AvgIpc) is 3.03. The maximum atomic E-state index is 11.4. The van der Waals surface area contributed by atoms with E-state index in [1.54, 1.807) is 11.7 Å². The van der Waals surface area contributed by atoms with Crippen LogP contribution in [-0.2, 0) is 13.5 Å². The van der Waals surface area contributed by atoms with Crippen LogP contribution in [0.5, 0.6) is 0 Å². The monoisotopic (exact) mass is 282 g/mol. The zero-order valence-electron chi connectivity index (χ0n) is 12.1. The number of aliphatic hydroxyl groups is 1. The summed E-state index contributed by atoms with van der Waals surface area (Å²) in [5.74, 6) is 0.535. The van der Waals surface area contributed by atoms with E-state index in [2.05, 4.69) is 5.10 Å². The summed E-state index contributed by atoms with van der Waals surface area (Å²) in [6.07, 6.45) is 4.84. The predicted octanol–water partition coefficient (Wildman–Crippen LogP) is 1.63. The van der Waals surface area contributed by atoms with Crippen molar-refractivity contribution in [3.63, 3.8) is 0 Å². The number of nitrogens with zero attached hydrogens (tertiary/aromatic N) is 4. The number of hydrogen-bond acceptors (Lipinski definition) is 5. The molecular weight excluding hydrogens is 260 g/mol. The summed E-state index contributed by atoms with van der Waals surface area (Å²) in [7, 11) is 1.74.